The fourth-order valence-corrected chi connectivity index (χ4v) is 4.74. The number of esters is 1. The minimum atomic E-state index is -4.97. The number of amides is 2. The fourth-order valence-electron chi connectivity index (χ4n) is 2.95. The fraction of sp³-hybridized carbons (Fsp3) is 0.200. The lowest BCUT2D eigenvalue weighted by Gasteiger charge is -2.16. The number of pyridine rings is 1. The van der Waals surface area contributed by atoms with Crippen LogP contribution in [0.3, 0.4) is 0 Å². The Morgan fingerprint density at radius 1 is 1.18 bits per heavy atom. The number of hydrogen-bond donors (Lipinski definition) is 2. The first kappa shape index (κ1) is 24.2. The molecule has 3 heterocycles. The van der Waals surface area contributed by atoms with Gasteiger partial charge in [-0.05, 0) is 30.5 Å². The Labute approximate surface area is 192 Å². The van der Waals surface area contributed by atoms with Crippen LogP contribution < -0.4 is 16.6 Å². The molecule has 0 aliphatic rings. The lowest BCUT2D eigenvalue weighted by atomic mass is 10.1. The van der Waals surface area contributed by atoms with Crippen molar-refractivity contribution in [3.63, 3.8) is 0 Å². The van der Waals surface area contributed by atoms with Crippen LogP contribution in [0.15, 0.2) is 39.8 Å². The highest BCUT2D eigenvalue weighted by Crippen LogP contribution is 2.38. The Hall–Kier alpha value is -3.45. The number of primary amides is 1. The second kappa shape index (κ2) is 9.58. The van der Waals surface area contributed by atoms with E-state index in [1.54, 1.807) is 29.8 Å². The molecule has 0 saturated carbocycles. The summed E-state index contributed by atoms with van der Waals surface area (Å²) in [5.74, 6) is -2.97. The number of nitrogens with two attached hydrogens (primary N) is 1. The van der Waals surface area contributed by atoms with Crippen molar-refractivity contribution in [3.8, 4) is 10.4 Å². The quantitative estimate of drug-likeness (QED) is 0.482. The van der Waals surface area contributed by atoms with Crippen molar-refractivity contribution in [2.45, 2.75) is 19.6 Å². The summed E-state index contributed by atoms with van der Waals surface area (Å²) < 4.78 is 45.3. The highest BCUT2D eigenvalue weighted by atomic mass is 32.1. The van der Waals surface area contributed by atoms with Crippen LogP contribution in [0.25, 0.3) is 10.4 Å². The van der Waals surface area contributed by atoms with Crippen LogP contribution in [-0.4, -0.2) is 29.0 Å². The van der Waals surface area contributed by atoms with Gasteiger partial charge in [0.15, 0.2) is 0 Å². The third-order valence-corrected chi connectivity index (χ3v) is 6.14. The van der Waals surface area contributed by atoms with E-state index in [0.717, 1.165) is 16.2 Å². The summed E-state index contributed by atoms with van der Waals surface area (Å²) in [6.45, 7) is 0.601. The second-order valence-corrected chi connectivity index (χ2v) is 8.31. The van der Waals surface area contributed by atoms with E-state index < -0.39 is 47.3 Å². The van der Waals surface area contributed by atoms with E-state index in [-0.39, 0.29) is 21.7 Å². The zero-order valence-electron chi connectivity index (χ0n) is 16.9. The van der Waals surface area contributed by atoms with Crippen molar-refractivity contribution < 1.29 is 32.3 Å². The summed E-state index contributed by atoms with van der Waals surface area (Å²) >= 11 is 2.32. The Balaban J connectivity index is 1.98. The first-order valence-corrected chi connectivity index (χ1v) is 11.0. The Morgan fingerprint density at radius 3 is 2.48 bits per heavy atom. The number of nitrogens with zero attached hydrogens (tertiary/aromatic N) is 1. The summed E-state index contributed by atoms with van der Waals surface area (Å²) in [7, 11) is 0. The monoisotopic (exact) mass is 499 g/mol. The highest BCUT2D eigenvalue weighted by molar-refractivity contribution is 7.17. The average Bonchev–Trinajstić information content (AvgIpc) is 3.38. The average molecular weight is 499 g/mol. The molecule has 0 radical (unpaired) electrons. The Kier molecular flexibility index (Phi) is 7.03. The number of hydrogen-bond acceptors (Lipinski definition) is 7. The van der Waals surface area contributed by atoms with Gasteiger partial charge in [-0.3, -0.25) is 19.0 Å². The summed E-state index contributed by atoms with van der Waals surface area (Å²) in [6.07, 6.45) is -4.97. The molecule has 3 N–H and O–H groups in total. The predicted molar refractivity (Wildman–Crippen MR) is 116 cm³/mol. The van der Waals surface area contributed by atoms with Gasteiger partial charge in [0.1, 0.15) is 28.4 Å². The van der Waals surface area contributed by atoms with Crippen molar-refractivity contribution in [3.05, 3.63) is 62.2 Å². The number of aromatic nitrogens is 1. The van der Waals surface area contributed by atoms with Gasteiger partial charge in [0, 0.05) is 15.8 Å². The van der Waals surface area contributed by atoms with Crippen LogP contribution in [0.2, 0.25) is 0 Å². The number of anilines is 1. The maximum absolute atomic E-state index is 13.4. The number of alkyl halides is 3. The van der Waals surface area contributed by atoms with Gasteiger partial charge in [-0.2, -0.15) is 13.2 Å². The maximum atomic E-state index is 13.4. The van der Waals surface area contributed by atoms with E-state index in [4.69, 9.17) is 10.5 Å². The highest BCUT2D eigenvalue weighted by Gasteiger charge is 2.36. The molecular formula is C20H16F3N3O5S2. The minimum absolute atomic E-state index is 0.0481. The molecule has 13 heteroatoms. The molecular weight excluding hydrogens is 483 g/mol. The summed E-state index contributed by atoms with van der Waals surface area (Å²) in [4.78, 5) is 49.7. The first-order chi connectivity index (χ1) is 15.5. The number of halogens is 3. The third kappa shape index (κ3) is 5.14. The molecule has 8 nitrogen and oxygen atoms in total. The van der Waals surface area contributed by atoms with Gasteiger partial charge in [0.25, 0.3) is 11.5 Å². The molecule has 3 rings (SSSR count). The van der Waals surface area contributed by atoms with Crippen molar-refractivity contribution >= 4 is 45.5 Å². The lowest BCUT2D eigenvalue weighted by molar-refractivity contribution is -0.144. The second-order valence-electron chi connectivity index (χ2n) is 6.49. The number of thiophene rings is 2. The number of nitrogens with one attached hydrogen (secondary N) is 1. The van der Waals surface area contributed by atoms with E-state index in [2.05, 4.69) is 5.32 Å². The van der Waals surface area contributed by atoms with Crippen LogP contribution in [0, 0.1) is 0 Å². The van der Waals surface area contributed by atoms with E-state index in [0.29, 0.717) is 17.7 Å². The zero-order valence-corrected chi connectivity index (χ0v) is 18.5. The Bertz CT molecular complexity index is 1260. The van der Waals surface area contributed by atoms with Gasteiger partial charge in [0.05, 0.1) is 6.61 Å². The lowest BCUT2D eigenvalue weighted by Crippen LogP contribution is -2.36. The number of rotatable bonds is 7. The number of carbonyl (C=O) groups is 3. The van der Waals surface area contributed by atoms with Crippen LogP contribution >= 0.6 is 22.7 Å². The molecule has 0 aliphatic carbocycles. The number of carbonyl (C=O) groups excluding carboxylic acids is 3. The molecule has 2 amide bonds. The van der Waals surface area contributed by atoms with E-state index >= 15 is 0 Å². The van der Waals surface area contributed by atoms with Gasteiger partial charge in [-0.25, -0.2) is 4.79 Å². The summed E-state index contributed by atoms with van der Waals surface area (Å²) in [6, 6.07) is 4.68. The molecule has 0 aliphatic heterocycles. The van der Waals surface area contributed by atoms with Crippen molar-refractivity contribution in [2.75, 3.05) is 11.9 Å². The summed E-state index contributed by atoms with van der Waals surface area (Å²) in [5, 5.41) is 5.82. The van der Waals surface area contributed by atoms with Crippen LogP contribution in [-0.2, 0) is 22.3 Å². The third-order valence-electron chi connectivity index (χ3n) is 4.34. The molecule has 3 aromatic heterocycles. The van der Waals surface area contributed by atoms with Crippen molar-refractivity contribution in [2.24, 2.45) is 5.73 Å². The van der Waals surface area contributed by atoms with E-state index in [1.165, 1.54) is 11.3 Å². The van der Waals surface area contributed by atoms with Gasteiger partial charge < -0.3 is 15.8 Å². The molecule has 0 atom stereocenters. The van der Waals surface area contributed by atoms with E-state index in [1.807, 2.05) is 0 Å². The van der Waals surface area contributed by atoms with Gasteiger partial charge in [-0.1, -0.05) is 6.07 Å². The first-order valence-electron chi connectivity index (χ1n) is 9.27. The molecule has 0 unspecified atom stereocenters. The minimum Gasteiger partial charge on any atom is -0.462 e. The van der Waals surface area contributed by atoms with Gasteiger partial charge >= 0.3 is 12.1 Å². The van der Waals surface area contributed by atoms with Crippen LogP contribution in [0.1, 0.15) is 33.3 Å². The van der Waals surface area contributed by atoms with Crippen LogP contribution in [0.4, 0.5) is 18.2 Å². The van der Waals surface area contributed by atoms with Crippen molar-refractivity contribution in [1.29, 1.82) is 0 Å². The molecule has 174 valence electrons. The molecule has 0 saturated heterocycles. The normalized spacial score (nSPS) is 11.3. The van der Waals surface area contributed by atoms with Crippen LogP contribution in [0.5, 0.6) is 0 Å². The van der Waals surface area contributed by atoms with Gasteiger partial charge in [-0.15, -0.1) is 22.7 Å². The molecule has 0 spiro atoms. The Morgan fingerprint density at radius 2 is 1.91 bits per heavy atom. The van der Waals surface area contributed by atoms with Gasteiger partial charge in [0.2, 0.25) is 5.91 Å². The number of ether oxygens (including phenoxy) is 1. The SMILES string of the molecule is CCOC(=O)c1c(-c2cccs2)csc1NC(=O)Cn1c(C(F)(F)F)ccc(C(N)=O)c1=O. The zero-order chi connectivity index (χ0) is 24.3. The smallest absolute Gasteiger partial charge is 0.431 e. The largest absolute Gasteiger partial charge is 0.462 e. The molecule has 33 heavy (non-hydrogen) atoms. The predicted octanol–water partition coefficient (Wildman–Crippen LogP) is 3.57. The maximum Gasteiger partial charge on any atom is 0.431 e. The molecule has 3 aromatic rings. The molecule has 0 aromatic carbocycles. The standard InChI is InChI=1S/C20H16F3N3O5S2/c1-2-31-19(30)15-11(12-4-3-7-32-12)9-33-17(15)25-14(27)8-26-13(20(21,22)23)6-5-10(16(24)28)18(26)29/h3-7,9H,2,8H2,1H3,(H2,24,28)(H,25,27). The summed E-state index contributed by atoms with van der Waals surface area (Å²) in [5.41, 5.74) is 2.11. The van der Waals surface area contributed by atoms with E-state index in [9.17, 15) is 32.3 Å². The van der Waals surface area contributed by atoms with Crippen molar-refractivity contribution in [1.82, 2.24) is 4.57 Å². The molecule has 0 bridgehead atoms. The topological polar surface area (TPSA) is 120 Å². The molecule has 0 fully saturated rings.